The molecule has 1 amide bonds. The van der Waals surface area contributed by atoms with E-state index in [1.807, 2.05) is 0 Å². The first-order valence-corrected chi connectivity index (χ1v) is 19.2. The molecule has 3 aromatic heterocycles. The molecule has 0 aliphatic rings. The van der Waals surface area contributed by atoms with Gasteiger partial charge in [0.2, 0.25) is 5.95 Å². The Kier molecular flexibility index (Phi) is 14.6. The molecule has 2 atom stereocenters. The predicted octanol–water partition coefficient (Wildman–Crippen LogP) is 3.77. The molecule has 0 spiro atoms. The number of carboxylic acid groups (broad SMARTS) is 1. The number of carboxylic acids is 1. The highest BCUT2D eigenvalue weighted by molar-refractivity contribution is 9.09. The van der Waals surface area contributed by atoms with E-state index in [0.29, 0.717) is 48.0 Å². The van der Waals surface area contributed by atoms with Crippen LogP contribution < -0.4 is 27.0 Å². The number of aromatic nitrogens is 4. The highest BCUT2D eigenvalue weighted by atomic mass is 79.9. The van der Waals surface area contributed by atoms with Gasteiger partial charge in [-0.3, -0.25) is 33.8 Å². The lowest BCUT2D eigenvalue weighted by atomic mass is 10.1. The van der Waals surface area contributed by atoms with Crippen molar-refractivity contribution in [1.29, 1.82) is 0 Å². The van der Waals surface area contributed by atoms with Gasteiger partial charge < -0.3 is 25.9 Å². The van der Waals surface area contributed by atoms with Gasteiger partial charge >= 0.3 is 19.5 Å². The molecule has 1 aromatic carbocycles. The van der Waals surface area contributed by atoms with Gasteiger partial charge in [-0.05, 0) is 49.6 Å². The number of unbranched alkanes of at least 4 members (excludes halogenated alkanes) is 1. The summed E-state index contributed by atoms with van der Waals surface area (Å²) in [5.74, 6) is -2.17. The van der Waals surface area contributed by atoms with Crippen molar-refractivity contribution < 1.29 is 33.1 Å². The van der Waals surface area contributed by atoms with Gasteiger partial charge in [0.05, 0.1) is 24.5 Å². The van der Waals surface area contributed by atoms with E-state index in [1.165, 1.54) is 30.5 Å². The number of furan rings is 1. The first-order chi connectivity index (χ1) is 24.4. The Bertz CT molecular complexity index is 1920. The average Bonchev–Trinajstić information content (AvgIpc) is 3.59. The fourth-order valence-electron chi connectivity index (χ4n) is 4.67. The number of nitrogen functional groups attached to an aromatic ring is 1. The highest BCUT2D eigenvalue weighted by Gasteiger charge is 2.32. The number of fused-ring (bicyclic) bond motifs is 1. The maximum Gasteiger partial charge on any atom is 0.433 e. The fourth-order valence-corrected chi connectivity index (χ4v) is 8.00. The second-order valence-corrected chi connectivity index (χ2v) is 14.6. The molecular weight excluding hydrogens is 823 g/mol. The minimum Gasteiger partial charge on any atom is -0.480 e. The summed E-state index contributed by atoms with van der Waals surface area (Å²) in [6.07, 6.45) is 2.33. The maximum absolute atomic E-state index is 13.9. The Hall–Kier alpha value is -4.27. The van der Waals surface area contributed by atoms with E-state index in [0.717, 1.165) is 0 Å². The number of benzene rings is 1. The molecule has 1 unspecified atom stereocenters. The van der Waals surface area contributed by atoms with Crippen LogP contribution in [0.5, 0.6) is 0 Å². The minimum atomic E-state index is -3.65. The van der Waals surface area contributed by atoms with Crippen molar-refractivity contribution >= 4 is 80.1 Å². The van der Waals surface area contributed by atoms with E-state index in [9.17, 15) is 34.2 Å². The number of nitrogens with two attached hydrogens (primary N) is 1. The van der Waals surface area contributed by atoms with Crippen molar-refractivity contribution in [3.63, 3.8) is 0 Å². The van der Waals surface area contributed by atoms with E-state index in [4.69, 9.17) is 14.7 Å². The van der Waals surface area contributed by atoms with Crippen LogP contribution in [0.4, 0.5) is 17.5 Å². The van der Waals surface area contributed by atoms with Crippen LogP contribution in [0, 0.1) is 10.1 Å². The Labute approximate surface area is 307 Å². The number of nitrogens with zero attached hydrogens (tertiary/aromatic N) is 5. The molecule has 4 rings (SSSR count). The molecule has 0 radical (unpaired) electrons. The van der Waals surface area contributed by atoms with Crippen LogP contribution in [0.1, 0.15) is 41.1 Å². The van der Waals surface area contributed by atoms with Gasteiger partial charge in [-0.1, -0.05) is 31.9 Å². The summed E-state index contributed by atoms with van der Waals surface area (Å²) in [7, 11) is -3.65. The van der Waals surface area contributed by atoms with E-state index < -0.39 is 42.0 Å². The molecule has 22 heteroatoms. The molecule has 0 aliphatic carbocycles. The quantitative estimate of drug-likeness (QED) is 0.0229. The van der Waals surface area contributed by atoms with Gasteiger partial charge in [0.25, 0.3) is 11.5 Å². The van der Waals surface area contributed by atoms with Gasteiger partial charge in [-0.25, -0.2) is 24.5 Å². The standard InChI is InChI=1S/C29H35Br2N10O9P/c30-10-13-40(14-11-31)51(48,49-17-21-8-9-23(50-21)41(46)47)35-12-2-1-3-22(28(44)45)37-26(42)18-4-6-19(7-5-18)33-15-20-16-34-25-24(36-20)27(43)39-29(32)38-25/h4-9,16,22,33H,1-3,10-15,17H2,(H,35,48)(H,37,42)(H,44,45)(H3,32,34,38,39,43)/t22-,51?/m1/s1. The van der Waals surface area contributed by atoms with Gasteiger partial charge in [0, 0.05) is 41.5 Å². The second-order valence-electron chi connectivity index (χ2n) is 10.8. The molecule has 0 saturated heterocycles. The molecule has 0 saturated carbocycles. The number of halogens is 2. The number of nitro groups is 1. The number of nitrogens with one attached hydrogen (secondary N) is 4. The SMILES string of the molecule is Nc1nc2ncc(CNc3ccc(C(=O)N[C@H](CCCCNP(=O)(OCc4ccc([N+](=O)[O-])o4)N(CCBr)CCBr)C(=O)O)cc3)nc2c(=O)[nH]1. The summed E-state index contributed by atoms with van der Waals surface area (Å²) < 4.78 is 26.4. The summed E-state index contributed by atoms with van der Waals surface area (Å²) in [6, 6.07) is 7.73. The number of aliphatic carboxylic acids is 1. The Morgan fingerprint density at radius 2 is 1.86 bits per heavy atom. The van der Waals surface area contributed by atoms with Crippen molar-refractivity contribution in [2.75, 3.05) is 41.3 Å². The number of hydrogen-bond donors (Lipinski definition) is 6. The normalized spacial score (nSPS) is 13.2. The molecule has 0 fully saturated rings. The largest absolute Gasteiger partial charge is 0.480 e. The molecule has 51 heavy (non-hydrogen) atoms. The highest BCUT2D eigenvalue weighted by Crippen LogP contribution is 2.47. The molecular formula is C29H35Br2N10O9P. The molecule has 7 N–H and O–H groups in total. The molecule has 3 heterocycles. The summed E-state index contributed by atoms with van der Waals surface area (Å²) >= 11 is 6.70. The summed E-state index contributed by atoms with van der Waals surface area (Å²) in [5.41, 5.74) is 6.55. The number of alkyl halides is 2. The van der Waals surface area contributed by atoms with Crippen LogP contribution in [-0.4, -0.2) is 82.8 Å². The third kappa shape index (κ3) is 11.4. The van der Waals surface area contributed by atoms with Crippen molar-refractivity contribution in [2.24, 2.45) is 0 Å². The fraction of sp³-hybridized carbons (Fsp3) is 0.379. The summed E-state index contributed by atoms with van der Waals surface area (Å²) in [5, 5.41) is 30.3. The molecule has 274 valence electrons. The lowest BCUT2D eigenvalue weighted by Crippen LogP contribution is -2.40. The number of carbonyl (C=O) groups is 2. The monoisotopic (exact) mass is 856 g/mol. The lowest BCUT2D eigenvalue weighted by Gasteiger charge is -2.30. The van der Waals surface area contributed by atoms with Crippen LogP contribution in [-0.2, 0) is 27.0 Å². The van der Waals surface area contributed by atoms with Gasteiger partial charge in [-0.2, -0.15) is 4.98 Å². The smallest absolute Gasteiger partial charge is 0.433 e. The number of carbonyl (C=O) groups excluding carboxylic acids is 1. The van der Waals surface area contributed by atoms with Crippen LogP contribution in [0.3, 0.4) is 0 Å². The van der Waals surface area contributed by atoms with Crippen molar-refractivity contribution in [2.45, 2.75) is 38.5 Å². The molecule has 19 nitrogen and oxygen atoms in total. The Morgan fingerprint density at radius 1 is 1.14 bits per heavy atom. The Balaban J connectivity index is 1.27. The molecule has 4 aromatic rings. The first kappa shape index (κ1) is 39.5. The average molecular weight is 858 g/mol. The predicted molar refractivity (Wildman–Crippen MR) is 194 cm³/mol. The molecule has 0 aliphatic heterocycles. The van der Waals surface area contributed by atoms with Gasteiger partial charge in [-0.15, -0.1) is 0 Å². The zero-order chi connectivity index (χ0) is 37.0. The van der Waals surface area contributed by atoms with Crippen LogP contribution in [0.25, 0.3) is 11.2 Å². The second kappa shape index (κ2) is 18.8. The first-order valence-electron chi connectivity index (χ1n) is 15.4. The Morgan fingerprint density at radius 3 is 2.51 bits per heavy atom. The van der Waals surface area contributed by atoms with Gasteiger partial charge in [0.15, 0.2) is 11.2 Å². The van der Waals surface area contributed by atoms with Crippen LogP contribution >= 0.6 is 39.5 Å². The van der Waals surface area contributed by atoms with Gasteiger partial charge in [0.1, 0.15) is 23.3 Å². The lowest BCUT2D eigenvalue weighted by molar-refractivity contribution is -0.402. The summed E-state index contributed by atoms with van der Waals surface area (Å²) in [4.78, 5) is 61.9. The number of hydrogen-bond acceptors (Lipinski definition) is 13. The number of amides is 1. The summed E-state index contributed by atoms with van der Waals surface area (Å²) in [6.45, 7) is 0.870. The van der Waals surface area contributed by atoms with E-state index in [2.05, 4.69) is 67.5 Å². The minimum absolute atomic E-state index is 0.0498. The number of aromatic amines is 1. The van der Waals surface area contributed by atoms with E-state index in [1.54, 1.807) is 16.8 Å². The van der Waals surface area contributed by atoms with Crippen molar-refractivity contribution in [1.82, 2.24) is 35.0 Å². The topological polar surface area (TPSA) is 274 Å². The molecule has 0 bridgehead atoms. The van der Waals surface area contributed by atoms with E-state index in [-0.39, 0.29) is 54.6 Å². The van der Waals surface area contributed by atoms with E-state index >= 15 is 0 Å². The van der Waals surface area contributed by atoms with Crippen LogP contribution in [0.15, 0.2) is 51.8 Å². The number of rotatable bonds is 21. The van der Waals surface area contributed by atoms with Crippen LogP contribution in [0.2, 0.25) is 0 Å². The zero-order valence-corrected chi connectivity index (χ0v) is 31.0. The number of anilines is 2. The van der Waals surface area contributed by atoms with Crippen molar-refractivity contribution in [3.8, 4) is 0 Å². The van der Waals surface area contributed by atoms with Crippen molar-refractivity contribution in [3.05, 3.63) is 80.1 Å². The maximum atomic E-state index is 13.9. The third-order valence-corrected chi connectivity index (χ3v) is 10.2. The third-order valence-electron chi connectivity index (χ3n) is 7.21. The zero-order valence-electron chi connectivity index (χ0n) is 26.9. The number of H-pyrrole nitrogens is 1.